The largest absolute Gasteiger partial charge is 0.460 e. The Morgan fingerprint density at radius 3 is 3.00 bits per heavy atom. The number of aromatic nitrogens is 2. The second kappa shape index (κ2) is 5.28. The molecule has 0 aliphatic heterocycles. The molecule has 3 aromatic rings. The summed E-state index contributed by atoms with van der Waals surface area (Å²) < 4.78 is 5.79. The fourth-order valence-corrected chi connectivity index (χ4v) is 2.25. The highest BCUT2D eigenvalue weighted by atomic mass is 16.3. The number of hydrogen-bond donors (Lipinski definition) is 2. The minimum Gasteiger partial charge on any atom is -0.460 e. The van der Waals surface area contributed by atoms with Crippen LogP contribution in [0.4, 0.5) is 0 Å². The van der Waals surface area contributed by atoms with Gasteiger partial charge in [0.05, 0.1) is 12.6 Å². The van der Waals surface area contributed by atoms with E-state index in [2.05, 4.69) is 34.3 Å². The first-order chi connectivity index (χ1) is 9.36. The zero-order valence-corrected chi connectivity index (χ0v) is 10.9. The van der Waals surface area contributed by atoms with Crippen molar-refractivity contribution in [2.75, 3.05) is 0 Å². The molecule has 4 heteroatoms. The lowest BCUT2D eigenvalue weighted by atomic mass is 10.2. The van der Waals surface area contributed by atoms with Gasteiger partial charge in [-0.15, -0.1) is 0 Å². The molecule has 0 radical (unpaired) electrons. The molecule has 1 unspecified atom stereocenters. The molecule has 0 saturated heterocycles. The lowest BCUT2D eigenvalue weighted by molar-refractivity contribution is 0.448. The highest BCUT2D eigenvalue weighted by Gasteiger charge is 2.12. The van der Waals surface area contributed by atoms with E-state index in [0.717, 1.165) is 29.0 Å². The van der Waals surface area contributed by atoms with Crippen LogP contribution in [0.15, 0.2) is 47.1 Å². The summed E-state index contributed by atoms with van der Waals surface area (Å²) in [6.45, 7) is 2.84. The van der Waals surface area contributed by atoms with Crippen molar-refractivity contribution in [3.8, 4) is 0 Å². The molecule has 0 aliphatic carbocycles. The van der Waals surface area contributed by atoms with Gasteiger partial charge in [-0.25, -0.2) is 4.98 Å². The van der Waals surface area contributed by atoms with Gasteiger partial charge in [0.15, 0.2) is 0 Å². The molecule has 1 atom stereocenters. The van der Waals surface area contributed by atoms with Gasteiger partial charge in [-0.2, -0.15) is 0 Å². The number of fused-ring (bicyclic) bond motifs is 1. The first-order valence-corrected chi connectivity index (χ1v) is 6.57. The van der Waals surface area contributed by atoms with Crippen LogP contribution in [0.1, 0.15) is 31.0 Å². The molecule has 1 aromatic carbocycles. The number of nitrogens with one attached hydrogen (secondary N) is 2. The van der Waals surface area contributed by atoms with E-state index >= 15 is 0 Å². The van der Waals surface area contributed by atoms with Crippen LogP contribution in [0.25, 0.3) is 11.0 Å². The Morgan fingerprint density at radius 1 is 1.37 bits per heavy atom. The first kappa shape index (κ1) is 12.0. The van der Waals surface area contributed by atoms with Crippen LogP contribution in [0, 0.1) is 0 Å². The number of H-pyrrole nitrogens is 1. The van der Waals surface area contributed by atoms with Gasteiger partial charge in [0.2, 0.25) is 0 Å². The molecule has 0 aliphatic rings. The average Bonchev–Trinajstić information content (AvgIpc) is 3.08. The van der Waals surface area contributed by atoms with Crippen molar-refractivity contribution in [2.45, 2.75) is 25.9 Å². The molecule has 19 heavy (non-hydrogen) atoms. The van der Waals surface area contributed by atoms with Gasteiger partial charge in [-0.3, -0.25) is 0 Å². The van der Waals surface area contributed by atoms with E-state index in [0.29, 0.717) is 6.54 Å². The summed E-state index contributed by atoms with van der Waals surface area (Å²) in [7, 11) is 0. The summed E-state index contributed by atoms with van der Waals surface area (Å²) in [6.07, 6.45) is 4.61. The van der Waals surface area contributed by atoms with Crippen molar-refractivity contribution in [1.29, 1.82) is 0 Å². The van der Waals surface area contributed by atoms with Gasteiger partial charge in [-0.1, -0.05) is 25.1 Å². The Balaban J connectivity index is 1.71. The maximum absolute atomic E-state index is 5.79. The number of rotatable bonds is 5. The summed E-state index contributed by atoms with van der Waals surface area (Å²) in [5, 5.41) is 4.61. The van der Waals surface area contributed by atoms with Crippen molar-refractivity contribution in [2.24, 2.45) is 0 Å². The third kappa shape index (κ3) is 2.53. The zero-order valence-electron chi connectivity index (χ0n) is 10.9. The number of benzene rings is 1. The molecule has 0 amide bonds. The van der Waals surface area contributed by atoms with Crippen LogP contribution in [0.3, 0.4) is 0 Å². The first-order valence-electron chi connectivity index (χ1n) is 6.57. The van der Waals surface area contributed by atoms with Crippen molar-refractivity contribution >= 4 is 11.0 Å². The fraction of sp³-hybridized carbons (Fsp3) is 0.267. The van der Waals surface area contributed by atoms with E-state index in [1.54, 1.807) is 6.20 Å². The third-order valence-corrected chi connectivity index (χ3v) is 3.26. The fourth-order valence-electron chi connectivity index (χ4n) is 2.25. The van der Waals surface area contributed by atoms with Crippen molar-refractivity contribution in [3.05, 3.63) is 54.3 Å². The van der Waals surface area contributed by atoms with Crippen LogP contribution in [0.2, 0.25) is 0 Å². The topological polar surface area (TPSA) is 53.9 Å². The van der Waals surface area contributed by atoms with Crippen LogP contribution in [-0.2, 0) is 6.54 Å². The maximum Gasteiger partial charge on any atom is 0.134 e. The van der Waals surface area contributed by atoms with Crippen molar-refractivity contribution < 1.29 is 4.42 Å². The Labute approximate surface area is 111 Å². The standard InChI is InChI=1S/C15H17N3O/c1-2-13(15-16-7-8-17-15)18-10-12-9-11-5-3-4-6-14(11)19-12/h3-9,13,18H,2,10H2,1H3,(H,16,17). The molecule has 3 rings (SSSR count). The summed E-state index contributed by atoms with van der Waals surface area (Å²) >= 11 is 0. The van der Waals surface area contributed by atoms with Gasteiger partial charge in [0.1, 0.15) is 17.2 Å². The Bertz CT molecular complexity index is 609. The van der Waals surface area contributed by atoms with E-state index in [-0.39, 0.29) is 6.04 Å². The summed E-state index contributed by atoms with van der Waals surface area (Å²) in [5.41, 5.74) is 0.936. The molecule has 2 aromatic heterocycles. The SMILES string of the molecule is CCC(NCc1cc2ccccc2o1)c1ncc[nH]1. The van der Waals surface area contributed by atoms with E-state index in [1.165, 1.54) is 0 Å². The van der Waals surface area contributed by atoms with Crippen molar-refractivity contribution in [3.63, 3.8) is 0 Å². The minimum atomic E-state index is 0.225. The van der Waals surface area contributed by atoms with Gasteiger partial charge >= 0.3 is 0 Å². The number of hydrogen-bond acceptors (Lipinski definition) is 3. The smallest absolute Gasteiger partial charge is 0.134 e. The summed E-state index contributed by atoms with van der Waals surface area (Å²) in [5.74, 6) is 1.92. The van der Waals surface area contributed by atoms with Gasteiger partial charge in [-0.05, 0) is 18.6 Å². The highest BCUT2D eigenvalue weighted by Crippen LogP contribution is 2.20. The molecule has 4 nitrogen and oxygen atoms in total. The predicted octanol–water partition coefficient (Wildman–Crippen LogP) is 3.40. The lowest BCUT2D eigenvalue weighted by Crippen LogP contribution is -2.21. The molecule has 2 N–H and O–H groups in total. The summed E-state index contributed by atoms with van der Waals surface area (Å²) in [4.78, 5) is 7.44. The van der Waals surface area contributed by atoms with E-state index in [1.807, 2.05) is 24.4 Å². The number of nitrogens with zero attached hydrogens (tertiary/aromatic N) is 1. The van der Waals surface area contributed by atoms with E-state index in [4.69, 9.17) is 4.42 Å². The second-order valence-electron chi connectivity index (χ2n) is 4.57. The predicted molar refractivity (Wildman–Crippen MR) is 74.7 cm³/mol. The second-order valence-corrected chi connectivity index (χ2v) is 4.57. The number of furan rings is 1. The Morgan fingerprint density at radius 2 is 2.26 bits per heavy atom. The Hall–Kier alpha value is -2.07. The highest BCUT2D eigenvalue weighted by molar-refractivity contribution is 5.77. The molecule has 0 spiro atoms. The molecule has 0 saturated carbocycles. The van der Waals surface area contributed by atoms with Crippen molar-refractivity contribution in [1.82, 2.24) is 15.3 Å². The van der Waals surface area contributed by atoms with Gasteiger partial charge in [0.25, 0.3) is 0 Å². The number of aromatic amines is 1. The van der Waals surface area contributed by atoms with Gasteiger partial charge in [0, 0.05) is 17.8 Å². The van der Waals surface area contributed by atoms with Crippen LogP contribution < -0.4 is 5.32 Å². The maximum atomic E-state index is 5.79. The monoisotopic (exact) mass is 255 g/mol. The lowest BCUT2D eigenvalue weighted by Gasteiger charge is -2.13. The van der Waals surface area contributed by atoms with Gasteiger partial charge < -0.3 is 14.7 Å². The molecule has 98 valence electrons. The van der Waals surface area contributed by atoms with Crippen LogP contribution in [-0.4, -0.2) is 9.97 Å². The quantitative estimate of drug-likeness (QED) is 0.734. The van der Waals surface area contributed by atoms with E-state index < -0.39 is 0 Å². The Kier molecular flexibility index (Phi) is 3.33. The number of imidazole rings is 1. The van der Waals surface area contributed by atoms with Crippen LogP contribution in [0.5, 0.6) is 0 Å². The van der Waals surface area contributed by atoms with E-state index in [9.17, 15) is 0 Å². The molecular weight excluding hydrogens is 238 g/mol. The normalized spacial score (nSPS) is 12.9. The summed E-state index contributed by atoms with van der Waals surface area (Å²) in [6, 6.07) is 10.4. The molecule has 0 bridgehead atoms. The number of para-hydroxylation sites is 1. The zero-order chi connectivity index (χ0) is 13.1. The molecule has 0 fully saturated rings. The molecule has 2 heterocycles. The van der Waals surface area contributed by atoms with Crippen LogP contribution >= 0.6 is 0 Å². The average molecular weight is 255 g/mol. The minimum absolute atomic E-state index is 0.225. The third-order valence-electron chi connectivity index (χ3n) is 3.26. The molecular formula is C15H17N3O.